The van der Waals surface area contributed by atoms with Gasteiger partial charge in [0, 0.05) is 11.1 Å². The highest BCUT2D eigenvalue weighted by Crippen LogP contribution is 2.37. The number of benzene rings is 3. The van der Waals surface area contributed by atoms with Crippen molar-refractivity contribution >= 4 is 11.6 Å². The zero-order valence-electron chi connectivity index (χ0n) is 15.6. The van der Waals surface area contributed by atoms with Crippen LogP contribution >= 0.6 is 11.6 Å². The number of aromatic nitrogens is 2. The minimum Gasteiger partial charge on any atom is -0.497 e. The Labute approximate surface area is 172 Å². The average Bonchev–Trinajstić information content (AvgIpc) is 3.05. The van der Waals surface area contributed by atoms with Gasteiger partial charge in [-0.05, 0) is 66.2 Å². The molecule has 29 heavy (non-hydrogen) atoms. The number of hydrogen-bond acceptors (Lipinski definition) is 2. The highest BCUT2D eigenvalue weighted by Gasteiger charge is 2.19. The molecule has 0 aliphatic rings. The van der Waals surface area contributed by atoms with Crippen molar-refractivity contribution in [3.05, 3.63) is 95.0 Å². The second-order valence-electron chi connectivity index (χ2n) is 6.53. The Bertz CT molecular complexity index is 1140. The van der Waals surface area contributed by atoms with Crippen molar-refractivity contribution in [2.24, 2.45) is 0 Å². The number of methoxy groups -OCH3 is 1. The maximum absolute atomic E-state index is 13.4. The van der Waals surface area contributed by atoms with E-state index in [2.05, 4.69) is 5.10 Å². The largest absolute Gasteiger partial charge is 0.497 e. The zero-order chi connectivity index (χ0) is 20.4. The lowest BCUT2D eigenvalue weighted by atomic mass is 10.1. The van der Waals surface area contributed by atoms with Crippen molar-refractivity contribution in [3.8, 4) is 28.3 Å². The summed E-state index contributed by atoms with van der Waals surface area (Å²) >= 11 is 6.71. The van der Waals surface area contributed by atoms with Crippen LogP contribution in [0.2, 0.25) is 5.02 Å². The molecule has 1 heterocycles. The molecule has 0 N–H and O–H groups in total. The first kappa shape index (κ1) is 19.2. The minimum atomic E-state index is -0.334. The number of halogens is 3. The van der Waals surface area contributed by atoms with Crippen molar-refractivity contribution in [2.45, 2.75) is 6.54 Å². The van der Waals surface area contributed by atoms with E-state index in [9.17, 15) is 8.78 Å². The molecule has 0 radical (unpaired) electrons. The minimum absolute atomic E-state index is 0.331. The second-order valence-corrected chi connectivity index (χ2v) is 6.91. The smallest absolute Gasteiger partial charge is 0.123 e. The first-order chi connectivity index (χ1) is 14.0. The molecule has 0 saturated heterocycles. The van der Waals surface area contributed by atoms with Gasteiger partial charge in [-0.15, -0.1) is 0 Å². The fraction of sp³-hybridized carbons (Fsp3) is 0.0870. The van der Waals surface area contributed by atoms with E-state index in [0.717, 1.165) is 16.9 Å². The summed E-state index contributed by atoms with van der Waals surface area (Å²) in [7, 11) is 1.61. The van der Waals surface area contributed by atoms with E-state index in [1.54, 1.807) is 36.1 Å². The van der Waals surface area contributed by atoms with E-state index < -0.39 is 0 Å². The van der Waals surface area contributed by atoms with Crippen molar-refractivity contribution < 1.29 is 13.5 Å². The van der Waals surface area contributed by atoms with Crippen LogP contribution < -0.4 is 4.74 Å². The molecule has 4 aromatic rings. The molecule has 0 aliphatic carbocycles. The Morgan fingerprint density at radius 2 is 1.52 bits per heavy atom. The van der Waals surface area contributed by atoms with E-state index in [0.29, 0.717) is 28.5 Å². The summed E-state index contributed by atoms with van der Waals surface area (Å²) in [6.07, 6.45) is 0. The van der Waals surface area contributed by atoms with E-state index in [4.69, 9.17) is 16.3 Å². The number of hydrogen-bond donors (Lipinski definition) is 0. The molecule has 3 aromatic carbocycles. The molecular weight excluding hydrogens is 394 g/mol. The normalized spacial score (nSPS) is 10.9. The number of nitrogens with zero attached hydrogens (tertiary/aromatic N) is 2. The lowest BCUT2D eigenvalue weighted by Gasteiger charge is -2.09. The molecule has 3 nitrogen and oxygen atoms in total. The van der Waals surface area contributed by atoms with Gasteiger partial charge < -0.3 is 4.74 Å². The molecule has 0 unspecified atom stereocenters. The third-order valence-electron chi connectivity index (χ3n) is 4.60. The molecular formula is C23H17ClF2N2O. The van der Waals surface area contributed by atoms with Gasteiger partial charge in [0.15, 0.2) is 0 Å². The Kier molecular flexibility index (Phi) is 5.32. The maximum Gasteiger partial charge on any atom is 0.123 e. The van der Waals surface area contributed by atoms with Crippen LogP contribution in [0.3, 0.4) is 0 Å². The summed E-state index contributed by atoms with van der Waals surface area (Å²) in [6, 6.07) is 19.7. The fourth-order valence-electron chi connectivity index (χ4n) is 3.17. The molecule has 0 fully saturated rings. The highest BCUT2D eigenvalue weighted by molar-refractivity contribution is 6.35. The molecule has 0 bridgehead atoms. The summed E-state index contributed by atoms with van der Waals surface area (Å²) < 4.78 is 33.8. The highest BCUT2D eigenvalue weighted by atomic mass is 35.5. The Morgan fingerprint density at radius 3 is 2.14 bits per heavy atom. The Balaban J connectivity index is 1.84. The summed E-state index contributed by atoms with van der Waals surface area (Å²) in [4.78, 5) is 0. The predicted molar refractivity (Wildman–Crippen MR) is 110 cm³/mol. The van der Waals surface area contributed by atoms with E-state index in [-0.39, 0.29) is 11.6 Å². The van der Waals surface area contributed by atoms with Gasteiger partial charge >= 0.3 is 0 Å². The summed E-state index contributed by atoms with van der Waals surface area (Å²) in [6.45, 7) is 0.435. The predicted octanol–water partition coefficient (Wildman–Crippen LogP) is 6.21. The van der Waals surface area contributed by atoms with Gasteiger partial charge in [0.2, 0.25) is 0 Å². The lowest BCUT2D eigenvalue weighted by molar-refractivity contribution is 0.414. The topological polar surface area (TPSA) is 27.1 Å². The molecule has 0 spiro atoms. The SMILES string of the molecule is COc1cccc(Cn2nc(-c3ccc(F)cc3)c(Cl)c2-c2ccc(F)cc2)c1. The van der Waals surface area contributed by atoms with Gasteiger partial charge in [-0.2, -0.15) is 5.10 Å². The first-order valence-corrected chi connectivity index (χ1v) is 9.34. The van der Waals surface area contributed by atoms with Gasteiger partial charge in [-0.1, -0.05) is 23.7 Å². The van der Waals surface area contributed by atoms with Crippen LogP contribution in [-0.2, 0) is 6.54 Å². The van der Waals surface area contributed by atoms with Crippen molar-refractivity contribution in [1.82, 2.24) is 9.78 Å². The molecule has 0 amide bonds. The molecule has 6 heteroatoms. The van der Waals surface area contributed by atoms with Crippen LogP contribution in [-0.4, -0.2) is 16.9 Å². The molecule has 0 atom stereocenters. The average molecular weight is 411 g/mol. The van der Waals surface area contributed by atoms with Crippen molar-refractivity contribution in [3.63, 3.8) is 0 Å². The van der Waals surface area contributed by atoms with Crippen LogP contribution in [0.25, 0.3) is 22.5 Å². The zero-order valence-corrected chi connectivity index (χ0v) is 16.3. The molecule has 1 aromatic heterocycles. The standard InChI is InChI=1S/C23H17ClF2N2O/c1-29-20-4-2-3-15(13-20)14-28-23(17-7-11-19(26)12-8-17)21(24)22(27-28)16-5-9-18(25)10-6-16/h2-13H,14H2,1H3. The van der Waals surface area contributed by atoms with Crippen molar-refractivity contribution in [1.29, 1.82) is 0 Å². The van der Waals surface area contributed by atoms with E-state index >= 15 is 0 Å². The monoisotopic (exact) mass is 410 g/mol. The van der Waals surface area contributed by atoms with Gasteiger partial charge in [0.1, 0.15) is 23.1 Å². The maximum atomic E-state index is 13.4. The fourth-order valence-corrected chi connectivity index (χ4v) is 3.53. The van der Waals surface area contributed by atoms with Crippen LogP contribution in [0, 0.1) is 11.6 Å². The second kappa shape index (κ2) is 8.05. The molecule has 0 saturated carbocycles. The Morgan fingerprint density at radius 1 is 0.897 bits per heavy atom. The van der Waals surface area contributed by atoms with Crippen LogP contribution in [0.4, 0.5) is 8.78 Å². The van der Waals surface area contributed by atoms with Crippen LogP contribution in [0.5, 0.6) is 5.75 Å². The lowest BCUT2D eigenvalue weighted by Crippen LogP contribution is -2.04. The van der Waals surface area contributed by atoms with E-state index in [1.807, 2.05) is 24.3 Å². The van der Waals surface area contributed by atoms with Crippen LogP contribution in [0.15, 0.2) is 72.8 Å². The number of rotatable bonds is 5. The van der Waals surface area contributed by atoms with Crippen molar-refractivity contribution in [2.75, 3.05) is 7.11 Å². The summed E-state index contributed by atoms with van der Waals surface area (Å²) in [5.41, 5.74) is 3.60. The van der Waals surface area contributed by atoms with Crippen LogP contribution in [0.1, 0.15) is 5.56 Å². The summed E-state index contributed by atoms with van der Waals surface area (Å²) in [5, 5.41) is 5.11. The van der Waals surface area contributed by atoms with Gasteiger partial charge in [0.25, 0.3) is 0 Å². The quantitative estimate of drug-likeness (QED) is 0.391. The van der Waals surface area contributed by atoms with Gasteiger partial charge in [-0.3, -0.25) is 4.68 Å². The number of ether oxygens (including phenoxy) is 1. The first-order valence-electron chi connectivity index (χ1n) is 8.96. The third-order valence-corrected chi connectivity index (χ3v) is 4.95. The third kappa shape index (κ3) is 4.00. The Hall–Kier alpha value is -3.18. The van der Waals surface area contributed by atoms with E-state index in [1.165, 1.54) is 24.3 Å². The molecule has 146 valence electrons. The molecule has 4 rings (SSSR count). The van der Waals surface area contributed by atoms with Gasteiger partial charge in [0.05, 0.1) is 24.4 Å². The van der Waals surface area contributed by atoms with Gasteiger partial charge in [-0.25, -0.2) is 8.78 Å². The summed E-state index contributed by atoms with van der Waals surface area (Å²) in [5.74, 6) is 0.0739. The molecule has 0 aliphatic heterocycles.